The molecule has 3 N–H and O–H groups in total. The Bertz CT molecular complexity index is 857. The number of anilines is 1. The van der Waals surface area contributed by atoms with Crippen LogP contribution in [0.5, 0.6) is 5.75 Å². The summed E-state index contributed by atoms with van der Waals surface area (Å²) in [4.78, 5) is 18.4. The minimum atomic E-state index is 0. The van der Waals surface area contributed by atoms with Gasteiger partial charge in [0.2, 0.25) is 5.91 Å². The molecule has 168 valence electrons. The second kappa shape index (κ2) is 13.0. The normalized spacial score (nSPS) is 13.8. The highest BCUT2D eigenvalue weighted by molar-refractivity contribution is 14.0. The molecule has 1 aliphatic heterocycles. The summed E-state index contributed by atoms with van der Waals surface area (Å²) in [5, 5.41) is 9.53. The standard InChI is InChI=1S/C23H31N5O2.HI/c1-3-24-23(26-13-12-19-6-4-5-7-21(19)30-2)27-16-18-8-10-20(11-9-18)28-15-14-25-22(29)17-28;/h4-11H,3,12-17H2,1-2H3,(H,25,29)(H2,24,26,27);1H. The van der Waals surface area contributed by atoms with Crippen molar-refractivity contribution in [3.63, 3.8) is 0 Å². The van der Waals surface area contributed by atoms with E-state index in [0.29, 0.717) is 19.6 Å². The minimum absolute atomic E-state index is 0. The van der Waals surface area contributed by atoms with E-state index in [1.807, 2.05) is 18.2 Å². The summed E-state index contributed by atoms with van der Waals surface area (Å²) >= 11 is 0. The number of aliphatic imine (C=N–C) groups is 1. The molecule has 0 radical (unpaired) electrons. The zero-order valence-electron chi connectivity index (χ0n) is 18.2. The summed E-state index contributed by atoms with van der Waals surface area (Å²) in [5.41, 5.74) is 3.37. The van der Waals surface area contributed by atoms with Gasteiger partial charge in [0.05, 0.1) is 20.2 Å². The lowest BCUT2D eigenvalue weighted by Gasteiger charge is -2.28. The van der Waals surface area contributed by atoms with Gasteiger partial charge in [-0.25, -0.2) is 4.99 Å². The Morgan fingerprint density at radius 3 is 2.65 bits per heavy atom. The lowest BCUT2D eigenvalue weighted by Crippen LogP contribution is -2.47. The number of amides is 1. The number of methoxy groups -OCH3 is 1. The second-order valence-electron chi connectivity index (χ2n) is 7.12. The Morgan fingerprint density at radius 1 is 1.16 bits per heavy atom. The summed E-state index contributed by atoms with van der Waals surface area (Å²) in [7, 11) is 1.70. The molecule has 0 aliphatic carbocycles. The third kappa shape index (κ3) is 7.61. The van der Waals surface area contributed by atoms with Crippen molar-refractivity contribution >= 4 is 41.5 Å². The molecule has 0 saturated carbocycles. The van der Waals surface area contributed by atoms with Gasteiger partial charge in [-0.1, -0.05) is 30.3 Å². The van der Waals surface area contributed by atoms with E-state index in [-0.39, 0.29) is 29.9 Å². The molecule has 1 fully saturated rings. The van der Waals surface area contributed by atoms with Crippen LogP contribution in [0.25, 0.3) is 0 Å². The first-order chi connectivity index (χ1) is 14.7. The molecule has 8 heteroatoms. The number of guanidine groups is 1. The van der Waals surface area contributed by atoms with Gasteiger partial charge in [0.1, 0.15) is 5.75 Å². The van der Waals surface area contributed by atoms with E-state index >= 15 is 0 Å². The van der Waals surface area contributed by atoms with Crippen molar-refractivity contribution < 1.29 is 9.53 Å². The second-order valence-corrected chi connectivity index (χ2v) is 7.12. The molecular formula is C23H32IN5O2. The van der Waals surface area contributed by atoms with Gasteiger partial charge in [0, 0.05) is 31.9 Å². The lowest BCUT2D eigenvalue weighted by atomic mass is 10.1. The van der Waals surface area contributed by atoms with Gasteiger partial charge in [0.15, 0.2) is 5.96 Å². The van der Waals surface area contributed by atoms with E-state index in [1.54, 1.807) is 7.11 Å². The highest BCUT2D eigenvalue weighted by Crippen LogP contribution is 2.18. The fraction of sp³-hybridized carbons (Fsp3) is 0.391. The number of carbonyl (C=O) groups excluding carboxylic acids is 1. The SMILES string of the molecule is CCNC(=NCc1ccc(N2CCNC(=O)C2)cc1)NCCc1ccccc1OC.I. The summed E-state index contributed by atoms with van der Waals surface area (Å²) in [6, 6.07) is 16.3. The van der Waals surface area contributed by atoms with Crippen LogP contribution in [-0.4, -0.2) is 51.7 Å². The molecule has 0 atom stereocenters. The predicted octanol–water partition coefficient (Wildman–Crippen LogP) is 2.55. The number of piperazine rings is 1. The lowest BCUT2D eigenvalue weighted by molar-refractivity contribution is -0.120. The summed E-state index contributed by atoms with van der Waals surface area (Å²) in [6.45, 7) is 6.16. The minimum Gasteiger partial charge on any atom is -0.496 e. The fourth-order valence-electron chi connectivity index (χ4n) is 3.41. The van der Waals surface area contributed by atoms with Crippen LogP contribution in [0, 0.1) is 0 Å². The predicted molar refractivity (Wildman–Crippen MR) is 137 cm³/mol. The first kappa shape index (κ1) is 24.8. The fourth-order valence-corrected chi connectivity index (χ4v) is 3.41. The molecule has 1 saturated heterocycles. The van der Waals surface area contributed by atoms with Gasteiger partial charge in [0.25, 0.3) is 0 Å². The molecule has 1 heterocycles. The highest BCUT2D eigenvalue weighted by Gasteiger charge is 2.16. The molecule has 0 bridgehead atoms. The van der Waals surface area contributed by atoms with Gasteiger partial charge in [-0.15, -0.1) is 24.0 Å². The van der Waals surface area contributed by atoms with Crippen LogP contribution in [0.4, 0.5) is 5.69 Å². The summed E-state index contributed by atoms with van der Waals surface area (Å²) < 4.78 is 5.42. The third-order valence-electron chi connectivity index (χ3n) is 4.98. The van der Waals surface area contributed by atoms with Crippen LogP contribution in [0.3, 0.4) is 0 Å². The van der Waals surface area contributed by atoms with Crippen molar-refractivity contribution in [2.75, 3.05) is 44.7 Å². The van der Waals surface area contributed by atoms with Gasteiger partial charge in [-0.05, 0) is 42.7 Å². The number of nitrogens with zero attached hydrogens (tertiary/aromatic N) is 2. The number of hydrogen-bond acceptors (Lipinski definition) is 4. The van der Waals surface area contributed by atoms with Crippen LogP contribution >= 0.6 is 24.0 Å². The first-order valence-electron chi connectivity index (χ1n) is 10.4. The Kier molecular flexibility index (Phi) is 10.4. The average molecular weight is 537 g/mol. The molecule has 3 rings (SSSR count). The number of nitrogens with one attached hydrogen (secondary N) is 3. The van der Waals surface area contributed by atoms with E-state index in [9.17, 15) is 4.79 Å². The van der Waals surface area contributed by atoms with E-state index in [0.717, 1.165) is 49.0 Å². The molecule has 7 nitrogen and oxygen atoms in total. The van der Waals surface area contributed by atoms with Crippen LogP contribution < -0.4 is 25.6 Å². The Morgan fingerprint density at radius 2 is 1.94 bits per heavy atom. The molecule has 1 amide bonds. The van der Waals surface area contributed by atoms with Crippen molar-refractivity contribution in [3.05, 3.63) is 59.7 Å². The molecule has 2 aromatic rings. The number of hydrogen-bond donors (Lipinski definition) is 3. The molecule has 0 spiro atoms. The maximum Gasteiger partial charge on any atom is 0.239 e. The van der Waals surface area contributed by atoms with Crippen LogP contribution in [0.15, 0.2) is 53.5 Å². The van der Waals surface area contributed by atoms with Crippen LogP contribution in [0.2, 0.25) is 0 Å². The number of para-hydroxylation sites is 1. The average Bonchev–Trinajstić information content (AvgIpc) is 2.78. The largest absolute Gasteiger partial charge is 0.496 e. The summed E-state index contributed by atoms with van der Waals surface area (Å²) in [6.07, 6.45) is 0.854. The van der Waals surface area contributed by atoms with Crippen molar-refractivity contribution in [1.82, 2.24) is 16.0 Å². The molecule has 31 heavy (non-hydrogen) atoms. The van der Waals surface area contributed by atoms with E-state index < -0.39 is 0 Å². The Balaban J connectivity index is 0.00000341. The molecule has 0 unspecified atom stereocenters. The maximum absolute atomic E-state index is 11.6. The number of halogens is 1. The summed E-state index contributed by atoms with van der Waals surface area (Å²) in [5.74, 6) is 1.78. The van der Waals surface area contributed by atoms with Gasteiger partial charge >= 0.3 is 0 Å². The van der Waals surface area contributed by atoms with Crippen molar-refractivity contribution in [2.24, 2.45) is 4.99 Å². The van der Waals surface area contributed by atoms with Crippen molar-refractivity contribution in [1.29, 1.82) is 0 Å². The monoisotopic (exact) mass is 537 g/mol. The number of ether oxygens (including phenoxy) is 1. The molecule has 0 aromatic heterocycles. The zero-order valence-corrected chi connectivity index (χ0v) is 20.5. The van der Waals surface area contributed by atoms with E-state index in [1.165, 1.54) is 5.56 Å². The van der Waals surface area contributed by atoms with Gasteiger partial charge < -0.3 is 25.6 Å². The topological polar surface area (TPSA) is 78.0 Å². The maximum atomic E-state index is 11.6. The van der Waals surface area contributed by atoms with Crippen molar-refractivity contribution in [3.8, 4) is 5.75 Å². The Hall–Kier alpha value is -2.49. The molecule has 2 aromatic carbocycles. The number of benzene rings is 2. The smallest absolute Gasteiger partial charge is 0.239 e. The highest BCUT2D eigenvalue weighted by atomic mass is 127. The first-order valence-corrected chi connectivity index (χ1v) is 10.4. The third-order valence-corrected chi connectivity index (χ3v) is 4.98. The van der Waals surface area contributed by atoms with Gasteiger partial charge in [-0.3, -0.25) is 4.79 Å². The Labute approximate surface area is 201 Å². The molecule has 1 aliphatic rings. The quantitative estimate of drug-likeness (QED) is 0.274. The molecular weight excluding hydrogens is 505 g/mol. The van der Waals surface area contributed by atoms with Crippen LogP contribution in [0.1, 0.15) is 18.1 Å². The van der Waals surface area contributed by atoms with E-state index in [2.05, 4.69) is 58.1 Å². The van der Waals surface area contributed by atoms with Gasteiger partial charge in [-0.2, -0.15) is 0 Å². The number of rotatable bonds is 8. The zero-order chi connectivity index (χ0) is 21.2. The van der Waals surface area contributed by atoms with E-state index in [4.69, 9.17) is 9.73 Å². The number of carbonyl (C=O) groups is 1. The van der Waals surface area contributed by atoms with Crippen LogP contribution in [-0.2, 0) is 17.8 Å². The van der Waals surface area contributed by atoms with Crippen molar-refractivity contribution in [2.45, 2.75) is 19.9 Å².